The molecule has 0 saturated carbocycles. The second-order valence-electron chi connectivity index (χ2n) is 6.75. The maximum absolute atomic E-state index is 12.8. The Morgan fingerprint density at radius 1 is 1.00 bits per heavy atom. The highest BCUT2D eigenvalue weighted by atomic mass is 19.4. The van der Waals surface area contributed by atoms with Gasteiger partial charge in [-0.15, -0.1) is 0 Å². The number of halogens is 3. The van der Waals surface area contributed by atoms with Crippen molar-refractivity contribution in [2.24, 2.45) is 5.92 Å². The largest absolute Gasteiger partial charge is 0.416 e. The van der Waals surface area contributed by atoms with Gasteiger partial charge in [-0.25, -0.2) is 0 Å². The molecule has 0 aromatic heterocycles. The molecular weight excluding hydrogens is 371 g/mol. The van der Waals surface area contributed by atoms with Crippen LogP contribution in [0.1, 0.15) is 29.7 Å². The van der Waals surface area contributed by atoms with Gasteiger partial charge in [0.15, 0.2) is 0 Å². The van der Waals surface area contributed by atoms with Gasteiger partial charge in [0.05, 0.1) is 11.6 Å². The third-order valence-electron chi connectivity index (χ3n) is 4.91. The molecule has 28 heavy (non-hydrogen) atoms. The summed E-state index contributed by atoms with van der Waals surface area (Å²) in [4.78, 5) is 38.2. The van der Waals surface area contributed by atoms with Gasteiger partial charge in [-0.1, -0.05) is 42.5 Å². The van der Waals surface area contributed by atoms with Crippen LogP contribution < -0.4 is 0 Å². The first-order valence-corrected chi connectivity index (χ1v) is 8.76. The number of nitrogens with zero attached hydrogens (tertiary/aromatic N) is 1. The predicted molar refractivity (Wildman–Crippen MR) is 95.2 cm³/mol. The van der Waals surface area contributed by atoms with Crippen LogP contribution in [-0.4, -0.2) is 28.9 Å². The molecule has 0 bridgehead atoms. The van der Waals surface area contributed by atoms with Crippen molar-refractivity contribution in [1.29, 1.82) is 0 Å². The van der Waals surface area contributed by atoms with Gasteiger partial charge < -0.3 is 4.90 Å². The molecule has 1 saturated heterocycles. The average molecular weight is 389 g/mol. The molecule has 2 aromatic carbocycles. The van der Waals surface area contributed by atoms with Crippen molar-refractivity contribution in [3.63, 3.8) is 0 Å². The molecule has 3 rings (SSSR count). The number of carbonyl (C=O) groups is 3. The number of amides is 1. The second kappa shape index (κ2) is 7.58. The van der Waals surface area contributed by atoms with E-state index in [0.29, 0.717) is 12.0 Å². The Hall–Kier alpha value is -2.96. The van der Waals surface area contributed by atoms with E-state index in [4.69, 9.17) is 0 Å². The molecule has 1 fully saturated rings. The van der Waals surface area contributed by atoms with Gasteiger partial charge in [0.25, 0.3) is 5.91 Å². The zero-order valence-corrected chi connectivity index (χ0v) is 15.1. The number of hydrogen-bond acceptors (Lipinski definition) is 3. The van der Waals surface area contributed by atoms with Crippen molar-refractivity contribution in [3.05, 3.63) is 71.3 Å². The molecule has 4 nitrogen and oxygen atoms in total. The minimum atomic E-state index is -4.49. The lowest BCUT2D eigenvalue weighted by Gasteiger charge is -2.27. The van der Waals surface area contributed by atoms with E-state index in [0.717, 1.165) is 17.7 Å². The number of rotatable bonds is 5. The second-order valence-corrected chi connectivity index (χ2v) is 6.75. The molecule has 2 unspecified atom stereocenters. The monoisotopic (exact) mass is 389 g/mol. The smallest absolute Gasteiger partial charge is 0.328 e. The first-order chi connectivity index (χ1) is 13.2. The van der Waals surface area contributed by atoms with Gasteiger partial charge in [-0.2, -0.15) is 13.2 Å². The lowest BCUT2D eigenvalue weighted by molar-refractivity contribution is -0.142. The fraction of sp³-hybridized carbons (Fsp3) is 0.286. The zero-order chi connectivity index (χ0) is 20.5. The lowest BCUT2D eigenvalue weighted by Crippen LogP contribution is -2.32. The number of likely N-dealkylation sites (tertiary alicyclic amines) is 1. The van der Waals surface area contributed by atoms with E-state index in [1.165, 1.54) is 24.0 Å². The van der Waals surface area contributed by atoms with Crippen molar-refractivity contribution >= 4 is 17.5 Å². The van der Waals surface area contributed by atoms with Gasteiger partial charge >= 0.3 is 6.18 Å². The summed E-state index contributed by atoms with van der Waals surface area (Å²) < 4.78 is 38.5. The van der Waals surface area contributed by atoms with E-state index in [1.807, 2.05) is 30.3 Å². The first-order valence-electron chi connectivity index (χ1n) is 8.76. The number of Topliss-reactive ketones (excluding diaryl/α,β-unsaturated/α-hetero) is 2. The number of benzene rings is 2. The molecule has 0 radical (unpaired) electrons. The summed E-state index contributed by atoms with van der Waals surface area (Å²) in [5.74, 6) is -3.28. The summed E-state index contributed by atoms with van der Waals surface area (Å²) in [6.45, 7) is 1.40. The summed E-state index contributed by atoms with van der Waals surface area (Å²) >= 11 is 0. The molecule has 1 aliphatic rings. The van der Waals surface area contributed by atoms with Crippen molar-refractivity contribution in [1.82, 2.24) is 4.90 Å². The Morgan fingerprint density at radius 3 is 2.14 bits per heavy atom. The highest BCUT2D eigenvalue weighted by Gasteiger charge is 2.50. The van der Waals surface area contributed by atoms with Gasteiger partial charge in [-0.05, 0) is 36.6 Å². The topological polar surface area (TPSA) is 54.5 Å². The van der Waals surface area contributed by atoms with E-state index >= 15 is 0 Å². The van der Waals surface area contributed by atoms with Crippen LogP contribution in [0.4, 0.5) is 13.2 Å². The Labute approximate surface area is 160 Å². The molecule has 2 aromatic rings. The minimum Gasteiger partial charge on any atom is -0.328 e. The Kier molecular flexibility index (Phi) is 5.36. The third kappa shape index (κ3) is 3.83. The molecule has 146 valence electrons. The number of ketones is 2. The van der Waals surface area contributed by atoms with Gasteiger partial charge in [-0.3, -0.25) is 14.4 Å². The van der Waals surface area contributed by atoms with Crippen molar-refractivity contribution in [3.8, 4) is 0 Å². The fourth-order valence-corrected chi connectivity index (χ4v) is 3.51. The highest BCUT2D eigenvalue weighted by molar-refractivity contribution is 6.42. The summed E-state index contributed by atoms with van der Waals surface area (Å²) in [5.41, 5.74) is 0.447. The van der Waals surface area contributed by atoms with Crippen molar-refractivity contribution in [2.75, 3.05) is 6.54 Å². The van der Waals surface area contributed by atoms with Crippen LogP contribution in [0.25, 0.3) is 0 Å². The van der Waals surface area contributed by atoms with Crippen LogP contribution in [0.3, 0.4) is 0 Å². The van der Waals surface area contributed by atoms with E-state index in [9.17, 15) is 27.6 Å². The van der Waals surface area contributed by atoms with Crippen LogP contribution in [0.15, 0.2) is 54.6 Å². The van der Waals surface area contributed by atoms with Crippen molar-refractivity contribution < 1.29 is 27.6 Å². The Balaban J connectivity index is 1.93. The first kappa shape index (κ1) is 19.8. The summed E-state index contributed by atoms with van der Waals surface area (Å²) in [6.07, 6.45) is -4.03. The molecule has 2 atom stereocenters. The molecule has 0 spiro atoms. The third-order valence-corrected chi connectivity index (χ3v) is 4.91. The predicted octanol–water partition coefficient (Wildman–Crippen LogP) is 3.61. The Bertz CT molecular complexity index is 891. The maximum Gasteiger partial charge on any atom is 0.416 e. The molecule has 1 heterocycles. The molecular formula is C21H18F3NO3. The normalized spacial score (nSPS) is 19.9. The molecule has 7 heteroatoms. The standard InChI is InChI=1S/C21H18F3NO3/c1-13(26)17-18(15-7-9-16(10-8-15)21(22,23)24)25(20(28)19(17)27)12-11-14-5-3-2-4-6-14/h2-10,17-18H,11-12H2,1H3. The number of carbonyl (C=O) groups excluding carboxylic acids is 3. The lowest BCUT2D eigenvalue weighted by atomic mass is 9.89. The molecule has 1 amide bonds. The van der Waals surface area contributed by atoms with E-state index in [1.54, 1.807) is 0 Å². The van der Waals surface area contributed by atoms with Gasteiger partial charge in [0.2, 0.25) is 5.78 Å². The number of hydrogen-bond donors (Lipinski definition) is 0. The fourth-order valence-electron chi connectivity index (χ4n) is 3.51. The van der Waals surface area contributed by atoms with E-state index in [2.05, 4.69) is 0 Å². The maximum atomic E-state index is 12.8. The average Bonchev–Trinajstić information content (AvgIpc) is 2.91. The summed E-state index contributed by atoms with van der Waals surface area (Å²) in [5, 5.41) is 0. The van der Waals surface area contributed by atoms with Gasteiger partial charge in [0.1, 0.15) is 11.7 Å². The zero-order valence-electron chi connectivity index (χ0n) is 15.1. The quantitative estimate of drug-likeness (QED) is 0.580. The Morgan fingerprint density at radius 2 is 1.61 bits per heavy atom. The summed E-state index contributed by atoms with van der Waals surface area (Å²) in [6, 6.07) is 12.6. The van der Waals surface area contributed by atoms with Crippen molar-refractivity contribution in [2.45, 2.75) is 25.6 Å². The minimum absolute atomic E-state index is 0.185. The van der Waals surface area contributed by atoms with Crippen LogP contribution >= 0.6 is 0 Å². The van der Waals surface area contributed by atoms with Gasteiger partial charge in [0, 0.05) is 6.54 Å². The number of alkyl halides is 3. The molecule has 1 aliphatic heterocycles. The molecule has 0 aliphatic carbocycles. The van der Waals surface area contributed by atoms with Crippen LogP contribution in [0.2, 0.25) is 0 Å². The van der Waals surface area contributed by atoms with Crippen LogP contribution in [-0.2, 0) is 27.0 Å². The summed E-state index contributed by atoms with van der Waals surface area (Å²) in [7, 11) is 0. The highest BCUT2D eigenvalue weighted by Crippen LogP contribution is 2.38. The van der Waals surface area contributed by atoms with Crippen LogP contribution in [0, 0.1) is 5.92 Å². The van der Waals surface area contributed by atoms with E-state index < -0.39 is 41.2 Å². The van der Waals surface area contributed by atoms with E-state index in [-0.39, 0.29) is 6.54 Å². The van der Waals surface area contributed by atoms with Crippen LogP contribution in [0.5, 0.6) is 0 Å². The molecule has 0 N–H and O–H groups in total. The SMILES string of the molecule is CC(=O)C1C(=O)C(=O)N(CCc2ccccc2)C1c1ccc(C(F)(F)F)cc1.